The lowest BCUT2D eigenvalue weighted by molar-refractivity contribution is -0.386. The van der Waals surface area contributed by atoms with Gasteiger partial charge >= 0.3 is 11.7 Å². The van der Waals surface area contributed by atoms with Crippen LogP contribution in [0.5, 0.6) is 5.75 Å². The summed E-state index contributed by atoms with van der Waals surface area (Å²) in [5.41, 5.74) is -0.0554. The lowest BCUT2D eigenvalue weighted by Gasteiger charge is -2.10. The molecule has 0 radical (unpaired) electrons. The van der Waals surface area contributed by atoms with Crippen molar-refractivity contribution in [2.24, 2.45) is 0 Å². The van der Waals surface area contributed by atoms with Gasteiger partial charge in [0.25, 0.3) is 0 Å². The zero-order valence-corrected chi connectivity index (χ0v) is 9.95. The topological polar surface area (TPSA) is 98.9 Å². The third-order valence-electron chi connectivity index (χ3n) is 2.37. The van der Waals surface area contributed by atoms with Crippen LogP contribution in [-0.2, 0) is 16.0 Å². The van der Waals surface area contributed by atoms with Crippen LogP contribution >= 0.6 is 0 Å². The lowest BCUT2D eigenvalue weighted by atomic mass is 10.1. The van der Waals surface area contributed by atoms with Crippen molar-refractivity contribution in [2.45, 2.75) is 12.5 Å². The number of nitro benzene ring substituents is 1. The molecule has 1 aromatic carbocycles. The maximum atomic E-state index is 11.1. The molecule has 0 aliphatic heterocycles. The number of carbonyl (C=O) groups is 1. The number of hydrogen-bond donors (Lipinski definition) is 1. The zero-order chi connectivity index (χ0) is 13.7. The molecule has 0 aliphatic carbocycles. The molecule has 0 heterocycles. The van der Waals surface area contributed by atoms with Gasteiger partial charge in [-0.15, -0.1) is 0 Å². The summed E-state index contributed by atoms with van der Waals surface area (Å²) in [5, 5.41) is 20.5. The van der Waals surface area contributed by atoms with Crippen molar-refractivity contribution in [2.75, 3.05) is 14.2 Å². The third-order valence-corrected chi connectivity index (χ3v) is 2.37. The van der Waals surface area contributed by atoms with Crippen molar-refractivity contribution >= 4 is 11.7 Å². The van der Waals surface area contributed by atoms with Crippen molar-refractivity contribution in [3.63, 3.8) is 0 Å². The molecule has 7 nitrogen and oxygen atoms in total. The monoisotopic (exact) mass is 255 g/mol. The Kier molecular flexibility index (Phi) is 4.61. The number of carbonyl (C=O) groups excluding carboxylic acids is 1. The number of para-hydroxylation sites is 1. The SMILES string of the molecule is COC(=O)C(O)Cc1cccc(OC)c1[N+](=O)[O-]. The molecule has 1 aromatic rings. The van der Waals surface area contributed by atoms with Crippen LogP contribution in [0.25, 0.3) is 0 Å². The van der Waals surface area contributed by atoms with Crippen LogP contribution in [-0.4, -0.2) is 36.3 Å². The van der Waals surface area contributed by atoms with E-state index >= 15 is 0 Å². The van der Waals surface area contributed by atoms with Gasteiger partial charge in [-0.05, 0) is 6.07 Å². The number of aliphatic hydroxyl groups excluding tert-OH is 1. The van der Waals surface area contributed by atoms with E-state index < -0.39 is 17.0 Å². The van der Waals surface area contributed by atoms with E-state index in [1.165, 1.54) is 19.2 Å². The van der Waals surface area contributed by atoms with Gasteiger partial charge < -0.3 is 14.6 Å². The van der Waals surface area contributed by atoms with Gasteiger partial charge in [0, 0.05) is 12.0 Å². The summed E-state index contributed by atoms with van der Waals surface area (Å²) in [4.78, 5) is 21.4. The number of esters is 1. The van der Waals surface area contributed by atoms with E-state index in [-0.39, 0.29) is 23.4 Å². The van der Waals surface area contributed by atoms with E-state index in [2.05, 4.69) is 4.74 Å². The molecular weight excluding hydrogens is 242 g/mol. The van der Waals surface area contributed by atoms with Gasteiger partial charge in [0.1, 0.15) is 0 Å². The van der Waals surface area contributed by atoms with E-state index in [0.29, 0.717) is 0 Å². The molecule has 0 saturated carbocycles. The molecule has 0 aliphatic rings. The van der Waals surface area contributed by atoms with Gasteiger partial charge in [0.15, 0.2) is 11.9 Å². The average molecular weight is 255 g/mol. The van der Waals surface area contributed by atoms with E-state index in [4.69, 9.17) is 4.74 Å². The summed E-state index contributed by atoms with van der Waals surface area (Å²) in [6.45, 7) is 0. The molecule has 0 aromatic heterocycles. The summed E-state index contributed by atoms with van der Waals surface area (Å²) in [6.07, 6.45) is -1.65. The summed E-state index contributed by atoms with van der Waals surface area (Å²) in [7, 11) is 2.44. The fraction of sp³-hybridized carbons (Fsp3) is 0.364. The summed E-state index contributed by atoms with van der Waals surface area (Å²) < 4.78 is 9.23. The first-order valence-electron chi connectivity index (χ1n) is 5.07. The van der Waals surface area contributed by atoms with Crippen molar-refractivity contribution in [1.29, 1.82) is 0 Å². The molecule has 0 bridgehead atoms. The van der Waals surface area contributed by atoms with Crippen LogP contribution in [0.15, 0.2) is 18.2 Å². The van der Waals surface area contributed by atoms with Crippen LogP contribution in [0.3, 0.4) is 0 Å². The average Bonchev–Trinajstić information content (AvgIpc) is 2.36. The maximum absolute atomic E-state index is 11.1. The van der Waals surface area contributed by atoms with Crippen molar-refractivity contribution < 1.29 is 24.3 Å². The number of methoxy groups -OCH3 is 2. The highest BCUT2D eigenvalue weighted by molar-refractivity contribution is 5.75. The standard InChI is InChI=1S/C11H13NO6/c1-17-9-5-3-4-7(10(9)12(15)16)6-8(13)11(14)18-2/h3-5,8,13H,6H2,1-2H3. The van der Waals surface area contributed by atoms with Gasteiger partial charge in [0.05, 0.1) is 19.1 Å². The van der Waals surface area contributed by atoms with Gasteiger partial charge in [0.2, 0.25) is 0 Å². The maximum Gasteiger partial charge on any atom is 0.335 e. The summed E-state index contributed by atoms with van der Waals surface area (Å²) >= 11 is 0. The van der Waals surface area contributed by atoms with Crippen molar-refractivity contribution in [3.05, 3.63) is 33.9 Å². The Balaban J connectivity index is 3.09. The molecular formula is C11H13NO6. The molecule has 0 amide bonds. The van der Waals surface area contributed by atoms with Crippen LogP contribution in [0, 0.1) is 10.1 Å². The van der Waals surface area contributed by atoms with Crippen molar-refractivity contribution in [1.82, 2.24) is 0 Å². The lowest BCUT2D eigenvalue weighted by Crippen LogP contribution is -2.24. The third kappa shape index (κ3) is 2.95. The highest BCUT2D eigenvalue weighted by atomic mass is 16.6. The minimum atomic E-state index is -1.44. The number of benzene rings is 1. The predicted molar refractivity (Wildman–Crippen MR) is 61.4 cm³/mol. The molecule has 1 unspecified atom stereocenters. The largest absolute Gasteiger partial charge is 0.490 e. The highest BCUT2D eigenvalue weighted by Crippen LogP contribution is 2.31. The van der Waals surface area contributed by atoms with E-state index in [0.717, 1.165) is 7.11 Å². The Hall–Kier alpha value is -2.15. The minimum Gasteiger partial charge on any atom is -0.490 e. The molecule has 7 heteroatoms. The summed E-state index contributed by atoms with van der Waals surface area (Å²) in [6, 6.07) is 4.43. The van der Waals surface area contributed by atoms with Crippen LogP contribution in [0.4, 0.5) is 5.69 Å². The molecule has 1 N–H and O–H groups in total. The predicted octanol–water partition coefficient (Wildman–Crippen LogP) is 0.680. The van der Waals surface area contributed by atoms with Gasteiger partial charge in [-0.3, -0.25) is 10.1 Å². The smallest absolute Gasteiger partial charge is 0.335 e. The first-order valence-corrected chi connectivity index (χ1v) is 5.07. The fourth-order valence-corrected chi connectivity index (χ4v) is 1.53. The molecule has 1 rings (SSSR count). The molecule has 98 valence electrons. The normalized spacial score (nSPS) is 11.7. The molecule has 0 saturated heterocycles. The van der Waals surface area contributed by atoms with Gasteiger partial charge in [-0.2, -0.15) is 0 Å². The number of rotatable bonds is 5. The van der Waals surface area contributed by atoms with E-state index in [1.807, 2.05) is 0 Å². The van der Waals surface area contributed by atoms with Crippen LogP contribution < -0.4 is 4.74 Å². The number of ether oxygens (including phenoxy) is 2. The zero-order valence-electron chi connectivity index (χ0n) is 9.95. The minimum absolute atomic E-state index is 0.0783. The Bertz CT molecular complexity index is 459. The Labute approximate surface area is 103 Å². The molecule has 18 heavy (non-hydrogen) atoms. The Morgan fingerprint density at radius 1 is 1.50 bits per heavy atom. The number of aliphatic hydroxyl groups is 1. The number of nitrogens with zero attached hydrogens (tertiary/aromatic N) is 1. The highest BCUT2D eigenvalue weighted by Gasteiger charge is 2.25. The first-order chi connectivity index (χ1) is 8.51. The first kappa shape index (κ1) is 13.9. The second kappa shape index (κ2) is 5.97. The fourth-order valence-electron chi connectivity index (χ4n) is 1.53. The number of nitro groups is 1. The Morgan fingerprint density at radius 3 is 2.67 bits per heavy atom. The second-order valence-corrected chi connectivity index (χ2v) is 3.47. The van der Waals surface area contributed by atoms with E-state index in [1.54, 1.807) is 6.07 Å². The molecule has 0 spiro atoms. The van der Waals surface area contributed by atoms with Crippen LogP contribution in [0.1, 0.15) is 5.56 Å². The number of hydrogen-bond acceptors (Lipinski definition) is 6. The second-order valence-electron chi connectivity index (χ2n) is 3.47. The van der Waals surface area contributed by atoms with Gasteiger partial charge in [-0.25, -0.2) is 4.79 Å². The quantitative estimate of drug-likeness (QED) is 0.472. The molecule has 0 fully saturated rings. The molecule has 1 atom stereocenters. The Morgan fingerprint density at radius 2 is 2.17 bits per heavy atom. The summed E-state index contributed by atoms with van der Waals surface area (Å²) in [5.74, 6) is -0.762. The van der Waals surface area contributed by atoms with Gasteiger partial charge in [-0.1, -0.05) is 12.1 Å². The van der Waals surface area contributed by atoms with Crippen molar-refractivity contribution in [3.8, 4) is 5.75 Å². The van der Waals surface area contributed by atoms with E-state index in [9.17, 15) is 20.0 Å². The van der Waals surface area contributed by atoms with Crippen LogP contribution in [0.2, 0.25) is 0 Å².